The number of nitrogens with one attached hydrogen (secondary N) is 1. The summed E-state index contributed by atoms with van der Waals surface area (Å²) in [4.78, 5) is 12.0. The minimum absolute atomic E-state index is 0.0120. The van der Waals surface area contributed by atoms with E-state index in [1.807, 2.05) is 12.1 Å². The summed E-state index contributed by atoms with van der Waals surface area (Å²) in [7, 11) is 0. The minimum atomic E-state index is 0.0120. The van der Waals surface area contributed by atoms with Crippen LogP contribution in [0, 0.1) is 0 Å². The van der Waals surface area contributed by atoms with E-state index in [0.717, 1.165) is 18.4 Å². The Morgan fingerprint density at radius 2 is 2.00 bits per heavy atom. The third-order valence-corrected chi connectivity index (χ3v) is 5.01. The molecule has 3 rings (SSSR count). The average Bonchev–Trinajstić information content (AvgIpc) is 3.16. The van der Waals surface area contributed by atoms with E-state index in [4.69, 9.17) is 17.4 Å². The van der Waals surface area contributed by atoms with Crippen molar-refractivity contribution in [3.05, 3.63) is 29.3 Å². The minimum Gasteiger partial charge on any atom is -0.353 e. The van der Waals surface area contributed by atoms with Crippen molar-refractivity contribution < 1.29 is 4.79 Å². The maximum atomic E-state index is 12.0. The summed E-state index contributed by atoms with van der Waals surface area (Å²) in [6.45, 7) is 0. The van der Waals surface area contributed by atoms with Gasteiger partial charge in [0.05, 0.1) is 5.75 Å². The number of nitrogens with zero attached hydrogens (tertiary/aromatic N) is 3. The first-order valence-corrected chi connectivity index (χ1v) is 8.88. The molecule has 0 aliphatic heterocycles. The Labute approximate surface area is 143 Å². The fraction of sp³-hybridized carbons (Fsp3) is 0.400. The SMILES string of the molecule is Nn1c(SCC(=O)NC2CCCC2)nnc1-c1ccc(Cl)cc1. The number of aromatic nitrogens is 3. The fourth-order valence-electron chi connectivity index (χ4n) is 2.64. The number of carbonyl (C=O) groups is 1. The molecule has 0 saturated heterocycles. The number of hydrogen-bond donors (Lipinski definition) is 2. The van der Waals surface area contributed by atoms with Gasteiger partial charge in [-0.2, -0.15) is 0 Å². The summed E-state index contributed by atoms with van der Waals surface area (Å²) >= 11 is 7.16. The zero-order valence-electron chi connectivity index (χ0n) is 12.5. The van der Waals surface area contributed by atoms with Crippen LogP contribution in [0.1, 0.15) is 25.7 Å². The lowest BCUT2D eigenvalue weighted by Crippen LogP contribution is -2.34. The maximum absolute atomic E-state index is 12.0. The van der Waals surface area contributed by atoms with Gasteiger partial charge in [-0.15, -0.1) is 10.2 Å². The third kappa shape index (κ3) is 3.97. The first-order chi connectivity index (χ1) is 11.1. The van der Waals surface area contributed by atoms with E-state index in [-0.39, 0.29) is 11.7 Å². The van der Waals surface area contributed by atoms with E-state index in [0.29, 0.717) is 22.0 Å². The van der Waals surface area contributed by atoms with Gasteiger partial charge >= 0.3 is 0 Å². The zero-order chi connectivity index (χ0) is 16.2. The molecule has 3 N–H and O–H groups in total. The molecule has 2 aromatic rings. The van der Waals surface area contributed by atoms with Crippen LogP contribution in [0.25, 0.3) is 11.4 Å². The molecule has 1 heterocycles. The van der Waals surface area contributed by atoms with Crippen LogP contribution in [0.2, 0.25) is 5.02 Å². The lowest BCUT2D eigenvalue weighted by Gasteiger charge is -2.11. The molecular formula is C15H18ClN5OS. The molecule has 1 aromatic carbocycles. The van der Waals surface area contributed by atoms with Crippen molar-refractivity contribution in [2.75, 3.05) is 11.6 Å². The maximum Gasteiger partial charge on any atom is 0.230 e. The van der Waals surface area contributed by atoms with Gasteiger partial charge in [0.15, 0.2) is 5.82 Å². The number of benzene rings is 1. The molecule has 0 unspecified atom stereocenters. The van der Waals surface area contributed by atoms with Crippen molar-refractivity contribution in [2.45, 2.75) is 36.9 Å². The molecule has 122 valence electrons. The first kappa shape index (κ1) is 16.1. The summed E-state index contributed by atoms with van der Waals surface area (Å²) in [5.74, 6) is 6.87. The predicted molar refractivity (Wildman–Crippen MR) is 91.7 cm³/mol. The molecule has 6 nitrogen and oxygen atoms in total. The average molecular weight is 352 g/mol. The van der Waals surface area contributed by atoms with E-state index in [1.54, 1.807) is 12.1 Å². The van der Waals surface area contributed by atoms with Crippen LogP contribution in [-0.2, 0) is 4.79 Å². The van der Waals surface area contributed by atoms with Gasteiger partial charge in [0.2, 0.25) is 11.1 Å². The monoisotopic (exact) mass is 351 g/mol. The Bertz CT molecular complexity index is 682. The van der Waals surface area contributed by atoms with Gasteiger partial charge in [0.25, 0.3) is 0 Å². The molecule has 0 spiro atoms. The van der Waals surface area contributed by atoms with E-state index in [1.165, 1.54) is 29.3 Å². The van der Waals surface area contributed by atoms with Gasteiger partial charge in [-0.3, -0.25) is 4.79 Å². The molecule has 8 heteroatoms. The zero-order valence-corrected chi connectivity index (χ0v) is 14.1. The summed E-state index contributed by atoms with van der Waals surface area (Å²) in [5, 5.41) is 12.3. The number of hydrogen-bond acceptors (Lipinski definition) is 5. The number of carbonyl (C=O) groups excluding carboxylic acids is 1. The number of nitrogens with two attached hydrogens (primary N) is 1. The predicted octanol–water partition coefficient (Wildman–Crippen LogP) is 2.46. The number of thioether (sulfide) groups is 1. The highest BCUT2D eigenvalue weighted by Gasteiger charge is 2.18. The number of rotatable bonds is 5. The molecule has 0 radical (unpaired) electrons. The quantitative estimate of drug-likeness (QED) is 0.638. The number of halogens is 1. The fourth-order valence-corrected chi connectivity index (χ4v) is 3.43. The van der Waals surface area contributed by atoms with Crippen molar-refractivity contribution in [3.63, 3.8) is 0 Å². The van der Waals surface area contributed by atoms with Crippen molar-refractivity contribution in [1.82, 2.24) is 20.2 Å². The molecule has 0 bridgehead atoms. The topological polar surface area (TPSA) is 85.8 Å². The first-order valence-electron chi connectivity index (χ1n) is 7.52. The van der Waals surface area contributed by atoms with Gasteiger partial charge < -0.3 is 11.2 Å². The van der Waals surface area contributed by atoms with Crippen molar-refractivity contribution in [1.29, 1.82) is 0 Å². The van der Waals surface area contributed by atoms with Crippen LogP contribution in [0.15, 0.2) is 29.4 Å². The van der Waals surface area contributed by atoms with E-state index in [9.17, 15) is 4.79 Å². The molecule has 23 heavy (non-hydrogen) atoms. The molecule has 1 aliphatic carbocycles. The lowest BCUT2D eigenvalue weighted by molar-refractivity contribution is -0.119. The highest BCUT2D eigenvalue weighted by molar-refractivity contribution is 7.99. The van der Waals surface area contributed by atoms with Crippen LogP contribution < -0.4 is 11.2 Å². The molecule has 1 amide bonds. The van der Waals surface area contributed by atoms with Crippen molar-refractivity contribution >= 4 is 29.3 Å². The summed E-state index contributed by atoms with van der Waals surface area (Å²) in [6, 6.07) is 7.53. The van der Waals surface area contributed by atoms with Crippen LogP contribution in [0.5, 0.6) is 0 Å². The van der Waals surface area contributed by atoms with Crippen molar-refractivity contribution in [2.24, 2.45) is 0 Å². The second kappa shape index (κ2) is 7.23. The molecule has 0 atom stereocenters. The highest BCUT2D eigenvalue weighted by Crippen LogP contribution is 2.23. The Morgan fingerprint density at radius 3 is 2.70 bits per heavy atom. The van der Waals surface area contributed by atoms with Crippen LogP contribution >= 0.6 is 23.4 Å². The van der Waals surface area contributed by atoms with Gasteiger partial charge in [-0.1, -0.05) is 36.2 Å². The van der Waals surface area contributed by atoms with Crippen LogP contribution in [-0.4, -0.2) is 32.6 Å². The molecular weight excluding hydrogens is 334 g/mol. The van der Waals surface area contributed by atoms with Gasteiger partial charge in [-0.25, -0.2) is 4.68 Å². The number of nitrogen functional groups attached to an aromatic ring is 1. The van der Waals surface area contributed by atoms with E-state index in [2.05, 4.69) is 15.5 Å². The van der Waals surface area contributed by atoms with E-state index >= 15 is 0 Å². The van der Waals surface area contributed by atoms with E-state index < -0.39 is 0 Å². The number of amides is 1. The second-order valence-corrected chi connectivity index (χ2v) is 6.90. The smallest absolute Gasteiger partial charge is 0.230 e. The normalized spacial score (nSPS) is 15.0. The van der Waals surface area contributed by atoms with Gasteiger partial charge in [-0.05, 0) is 37.1 Å². The Balaban J connectivity index is 1.60. The summed E-state index contributed by atoms with van der Waals surface area (Å²) < 4.78 is 1.40. The second-order valence-electron chi connectivity index (χ2n) is 5.52. The Kier molecular flexibility index (Phi) is 5.07. The van der Waals surface area contributed by atoms with Crippen LogP contribution in [0.3, 0.4) is 0 Å². The highest BCUT2D eigenvalue weighted by atomic mass is 35.5. The van der Waals surface area contributed by atoms with Crippen LogP contribution in [0.4, 0.5) is 0 Å². The van der Waals surface area contributed by atoms with Gasteiger partial charge in [0, 0.05) is 16.6 Å². The lowest BCUT2D eigenvalue weighted by atomic mass is 10.2. The van der Waals surface area contributed by atoms with Crippen molar-refractivity contribution in [3.8, 4) is 11.4 Å². The molecule has 1 fully saturated rings. The Hall–Kier alpha value is -1.73. The third-order valence-electron chi connectivity index (χ3n) is 3.82. The molecule has 1 aliphatic rings. The largest absolute Gasteiger partial charge is 0.353 e. The van der Waals surface area contributed by atoms with Gasteiger partial charge in [0.1, 0.15) is 0 Å². The Morgan fingerprint density at radius 1 is 1.30 bits per heavy atom. The summed E-state index contributed by atoms with van der Waals surface area (Å²) in [5.41, 5.74) is 0.826. The summed E-state index contributed by atoms with van der Waals surface area (Å²) in [6.07, 6.45) is 4.54. The molecule has 1 aromatic heterocycles. The standard InChI is InChI=1S/C15H18ClN5OS/c16-11-7-5-10(6-8-11)14-19-20-15(21(14)17)23-9-13(22)18-12-3-1-2-4-12/h5-8,12H,1-4,9,17H2,(H,18,22). The molecule has 1 saturated carbocycles.